The molecule has 4 aromatic rings. The van der Waals surface area contributed by atoms with Gasteiger partial charge in [-0.2, -0.15) is 5.10 Å². The van der Waals surface area contributed by atoms with Crippen LogP contribution in [-0.4, -0.2) is 28.0 Å². The van der Waals surface area contributed by atoms with Crippen molar-refractivity contribution < 1.29 is 14.1 Å². The molecule has 1 N–H and O–H groups in total. The molecule has 1 unspecified atom stereocenters. The van der Waals surface area contributed by atoms with Gasteiger partial charge in [-0.15, -0.1) is 0 Å². The predicted octanol–water partition coefficient (Wildman–Crippen LogP) is 4.53. The molecule has 0 aliphatic heterocycles. The van der Waals surface area contributed by atoms with E-state index >= 15 is 0 Å². The van der Waals surface area contributed by atoms with Crippen LogP contribution in [0, 0.1) is 13.8 Å². The van der Waals surface area contributed by atoms with Crippen LogP contribution in [-0.2, 0) is 4.79 Å². The fraction of sp³-hybridized carbons (Fsp3) is 0.217. The van der Waals surface area contributed by atoms with Crippen molar-refractivity contribution in [2.24, 2.45) is 0 Å². The molecule has 4 rings (SSSR count). The van der Waals surface area contributed by atoms with Gasteiger partial charge in [0.05, 0.1) is 12.5 Å². The van der Waals surface area contributed by atoms with Gasteiger partial charge >= 0.3 is 0 Å². The third-order valence-electron chi connectivity index (χ3n) is 5.35. The maximum atomic E-state index is 13.1. The lowest BCUT2D eigenvalue weighted by molar-refractivity contribution is -0.119. The van der Waals surface area contributed by atoms with Crippen LogP contribution < -0.4 is 15.6 Å². The first-order chi connectivity index (χ1) is 15.3. The van der Waals surface area contributed by atoms with Gasteiger partial charge in [0.2, 0.25) is 5.91 Å². The third kappa shape index (κ3) is 3.73. The van der Waals surface area contributed by atoms with Crippen LogP contribution in [0.25, 0.3) is 22.2 Å². The zero-order valence-corrected chi connectivity index (χ0v) is 18.7. The number of nitrogens with zero attached hydrogens (tertiary/aromatic N) is 3. The summed E-state index contributed by atoms with van der Waals surface area (Å²) in [5.41, 5.74) is 2.11. The molecule has 1 amide bonds. The molecule has 0 saturated heterocycles. The molecule has 2 aromatic carbocycles. The number of amides is 1. The number of rotatable bonds is 5. The fourth-order valence-corrected chi connectivity index (χ4v) is 3.59. The molecule has 0 aliphatic rings. The minimum absolute atomic E-state index is 0.113. The van der Waals surface area contributed by atoms with Gasteiger partial charge in [-0.25, -0.2) is 4.68 Å². The van der Waals surface area contributed by atoms with Crippen molar-refractivity contribution in [3.63, 3.8) is 0 Å². The second-order valence-corrected chi connectivity index (χ2v) is 7.77. The lowest BCUT2D eigenvalue weighted by atomic mass is 10.1. The van der Waals surface area contributed by atoms with E-state index in [1.807, 2.05) is 12.1 Å². The maximum absolute atomic E-state index is 13.1. The van der Waals surface area contributed by atoms with E-state index in [2.05, 4.69) is 15.6 Å². The number of halogens is 1. The fourth-order valence-electron chi connectivity index (χ4n) is 3.41. The van der Waals surface area contributed by atoms with E-state index in [0.717, 1.165) is 15.8 Å². The molecule has 0 radical (unpaired) electrons. The first-order valence-corrected chi connectivity index (χ1v) is 10.3. The van der Waals surface area contributed by atoms with E-state index in [1.165, 1.54) is 0 Å². The zero-order chi connectivity index (χ0) is 23.0. The van der Waals surface area contributed by atoms with E-state index in [4.69, 9.17) is 20.9 Å². The lowest BCUT2D eigenvalue weighted by Gasteiger charge is -2.17. The smallest absolute Gasteiger partial charge is 0.297 e. The Morgan fingerprint density at radius 3 is 2.59 bits per heavy atom. The highest BCUT2D eigenvalue weighted by atomic mass is 35.5. The van der Waals surface area contributed by atoms with Gasteiger partial charge in [-0.05, 0) is 62.7 Å². The topological polar surface area (TPSA) is 99.2 Å². The van der Waals surface area contributed by atoms with Gasteiger partial charge < -0.3 is 14.6 Å². The average Bonchev–Trinajstić information content (AvgIpc) is 3.19. The van der Waals surface area contributed by atoms with E-state index in [9.17, 15) is 9.59 Å². The summed E-state index contributed by atoms with van der Waals surface area (Å²) in [5.74, 6) is 0.740. The third-order valence-corrected chi connectivity index (χ3v) is 5.76. The average molecular weight is 453 g/mol. The predicted molar refractivity (Wildman–Crippen MR) is 122 cm³/mol. The second kappa shape index (κ2) is 8.47. The Morgan fingerprint density at radius 2 is 1.91 bits per heavy atom. The van der Waals surface area contributed by atoms with Crippen molar-refractivity contribution in [3.8, 4) is 17.0 Å². The normalized spacial score (nSPS) is 12.0. The Hall–Kier alpha value is -3.65. The van der Waals surface area contributed by atoms with Crippen molar-refractivity contribution in [2.75, 3.05) is 12.4 Å². The van der Waals surface area contributed by atoms with Crippen molar-refractivity contribution in [1.82, 2.24) is 14.9 Å². The van der Waals surface area contributed by atoms with Gasteiger partial charge in [-0.1, -0.05) is 22.8 Å². The largest absolute Gasteiger partial charge is 0.497 e. The molecule has 0 spiro atoms. The van der Waals surface area contributed by atoms with Gasteiger partial charge in [0, 0.05) is 16.3 Å². The summed E-state index contributed by atoms with van der Waals surface area (Å²) in [7, 11) is 1.58. The quantitative estimate of drug-likeness (QED) is 0.477. The number of aryl methyl sites for hydroxylation is 1. The van der Waals surface area contributed by atoms with E-state index < -0.39 is 17.5 Å². The van der Waals surface area contributed by atoms with Crippen molar-refractivity contribution >= 4 is 34.1 Å². The molecular formula is C23H21ClN4O4. The van der Waals surface area contributed by atoms with Crippen LogP contribution in [0.5, 0.6) is 5.75 Å². The number of nitrogens with one attached hydrogen (secondary N) is 1. The Balaban J connectivity index is 1.80. The molecule has 164 valence electrons. The summed E-state index contributed by atoms with van der Waals surface area (Å²) >= 11 is 6.15. The number of carbonyl (C=O) groups excluding carboxylic acids is 1. The molecular weight excluding hydrogens is 432 g/mol. The van der Waals surface area contributed by atoms with Crippen LogP contribution in [0.1, 0.15) is 24.3 Å². The Labute approximate surface area is 188 Å². The number of carbonyl (C=O) groups is 1. The minimum atomic E-state index is -0.917. The Bertz CT molecular complexity index is 1380. The molecule has 0 saturated carbocycles. The summed E-state index contributed by atoms with van der Waals surface area (Å²) in [6.07, 6.45) is 0. The molecule has 2 aromatic heterocycles. The van der Waals surface area contributed by atoms with Crippen molar-refractivity contribution in [3.05, 3.63) is 69.2 Å². The number of anilines is 1. The molecule has 0 fully saturated rings. The lowest BCUT2D eigenvalue weighted by Crippen LogP contribution is -2.34. The van der Waals surface area contributed by atoms with E-state index in [1.54, 1.807) is 58.2 Å². The SMILES string of the molecule is COc1ccc(-c2nn(C(C)C(=O)Nc3cccc(Cl)c3C)c(=O)c3noc(C)c23)cc1. The van der Waals surface area contributed by atoms with Crippen LogP contribution in [0.2, 0.25) is 5.02 Å². The van der Waals surface area contributed by atoms with Crippen LogP contribution >= 0.6 is 11.6 Å². The number of hydrogen-bond donors (Lipinski definition) is 1. The molecule has 0 aliphatic carbocycles. The zero-order valence-electron chi connectivity index (χ0n) is 18.0. The molecule has 2 heterocycles. The number of aromatic nitrogens is 3. The highest BCUT2D eigenvalue weighted by Gasteiger charge is 2.25. The maximum Gasteiger partial charge on any atom is 0.297 e. The number of benzene rings is 2. The van der Waals surface area contributed by atoms with Gasteiger partial charge in [0.25, 0.3) is 5.56 Å². The number of methoxy groups -OCH3 is 1. The first kappa shape index (κ1) is 21.6. The minimum Gasteiger partial charge on any atom is -0.497 e. The summed E-state index contributed by atoms with van der Waals surface area (Å²) in [6.45, 7) is 5.12. The molecule has 9 heteroatoms. The summed E-state index contributed by atoms with van der Waals surface area (Å²) < 4.78 is 11.6. The van der Waals surface area contributed by atoms with Gasteiger partial charge in [-0.3, -0.25) is 9.59 Å². The van der Waals surface area contributed by atoms with Crippen LogP contribution in [0.15, 0.2) is 51.8 Å². The number of hydrogen-bond acceptors (Lipinski definition) is 6. The van der Waals surface area contributed by atoms with Gasteiger partial charge in [0.15, 0.2) is 5.52 Å². The van der Waals surface area contributed by atoms with E-state index in [0.29, 0.717) is 33.3 Å². The highest BCUT2D eigenvalue weighted by molar-refractivity contribution is 6.31. The number of fused-ring (bicyclic) bond motifs is 1. The standard InChI is InChI=1S/C23H21ClN4O4/c1-12-17(24)6-5-7-18(12)25-22(29)13(2)28-23(30)21-19(14(3)32-27-21)20(26-28)15-8-10-16(31-4)11-9-15/h5-11,13H,1-4H3,(H,25,29). The summed E-state index contributed by atoms with van der Waals surface area (Å²) in [6, 6.07) is 11.5. The number of ether oxygens (including phenoxy) is 1. The Kier molecular flexibility index (Phi) is 5.71. The summed E-state index contributed by atoms with van der Waals surface area (Å²) in [5, 5.41) is 12.3. The van der Waals surface area contributed by atoms with E-state index in [-0.39, 0.29) is 5.52 Å². The highest BCUT2D eigenvalue weighted by Crippen LogP contribution is 2.29. The summed E-state index contributed by atoms with van der Waals surface area (Å²) in [4.78, 5) is 26.1. The van der Waals surface area contributed by atoms with Crippen molar-refractivity contribution in [1.29, 1.82) is 0 Å². The molecule has 0 bridgehead atoms. The molecule has 32 heavy (non-hydrogen) atoms. The molecule has 1 atom stereocenters. The van der Waals surface area contributed by atoms with Crippen LogP contribution in [0.3, 0.4) is 0 Å². The van der Waals surface area contributed by atoms with Gasteiger partial charge in [0.1, 0.15) is 23.2 Å². The monoisotopic (exact) mass is 452 g/mol. The molecule has 8 nitrogen and oxygen atoms in total. The van der Waals surface area contributed by atoms with Crippen LogP contribution in [0.4, 0.5) is 5.69 Å². The first-order valence-electron chi connectivity index (χ1n) is 9.91. The Morgan fingerprint density at radius 1 is 1.19 bits per heavy atom. The van der Waals surface area contributed by atoms with Crippen molar-refractivity contribution in [2.45, 2.75) is 26.8 Å². The second-order valence-electron chi connectivity index (χ2n) is 7.37.